The molecule has 0 radical (unpaired) electrons. The van der Waals surface area contributed by atoms with Gasteiger partial charge < -0.3 is 14.7 Å². The quantitative estimate of drug-likeness (QED) is 0.799. The summed E-state index contributed by atoms with van der Waals surface area (Å²) < 4.78 is 19.3. The molecule has 0 bridgehead atoms. The van der Waals surface area contributed by atoms with Gasteiger partial charge in [0, 0.05) is 24.6 Å². The third-order valence-corrected chi connectivity index (χ3v) is 7.52. The molecule has 2 saturated heterocycles. The van der Waals surface area contributed by atoms with Gasteiger partial charge in [-0.05, 0) is 68.1 Å². The first-order chi connectivity index (χ1) is 15.6. The highest BCUT2D eigenvalue weighted by Gasteiger charge is 2.45. The van der Waals surface area contributed by atoms with E-state index in [1.54, 1.807) is 12.1 Å². The molecule has 4 atom stereocenters. The molecule has 0 aromatic heterocycles. The second-order valence-electron chi connectivity index (χ2n) is 9.31. The molecular formula is C26H31FN2O3. The first-order valence-corrected chi connectivity index (χ1v) is 11.8. The van der Waals surface area contributed by atoms with Crippen LogP contribution in [0.25, 0.3) is 0 Å². The number of nitrogens with zero attached hydrogens (tertiary/aromatic N) is 2. The maximum absolute atomic E-state index is 13.3. The number of aliphatic hydroxyl groups excluding tert-OH is 1. The third kappa shape index (κ3) is 4.32. The normalized spacial score (nSPS) is 29.5. The highest BCUT2D eigenvalue weighted by Crippen LogP contribution is 2.36. The number of halogens is 1. The molecule has 2 heterocycles. The van der Waals surface area contributed by atoms with Crippen LogP contribution in [-0.4, -0.2) is 71.3 Å². The monoisotopic (exact) mass is 437 g/mol. The SMILES string of the molecule is O=C(c1ccc([18F])cc1)N1CCOC2C[C@@H](O)[C@H](N3CCC(c4ccccc4)CC3)CC21. The summed E-state index contributed by atoms with van der Waals surface area (Å²) in [7, 11) is 0. The van der Waals surface area contributed by atoms with Crippen molar-refractivity contribution in [2.45, 2.75) is 55.9 Å². The summed E-state index contributed by atoms with van der Waals surface area (Å²) >= 11 is 0. The Balaban J connectivity index is 1.27. The van der Waals surface area contributed by atoms with E-state index in [9.17, 15) is 14.3 Å². The van der Waals surface area contributed by atoms with E-state index in [0.29, 0.717) is 37.5 Å². The maximum atomic E-state index is 13.3. The zero-order valence-corrected chi connectivity index (χ0v) is 18.3. The highest BCUT2D eigenvalue weighted by atomic mass is 18.2. The van der Waals surface area contributed by atoms with Gasteiger partial charge in [-0.25, -0.2) is 4.39 Å². The molecule has 1 amide bonds. The fraction of sp³-hybridized carbons (Fsp3) is 0.500. The number of likely N-dealkylation sites (tertiary alicyclic amines) is 1. The number of fused-ring (bicyclic) bond motifs is 1. The number of hydrogen-bond donors (Lipinski definition) is 1. The van der Waals surface area contributed by atoms with Crippen molar-refractivity contribution in [2.24, 2.45) is 0 Å². The van der Waals surface area contributed by atoms with Crippen molar-refractivity contribution in [3.63, 3.8) is 0 Å². The van der Waals surface area contributed by atoms with Crippen molar-refractivity contribution in [2.75, 3.05) is 26.2 Å². The van der Waals surface area contributed by atoms with E-state index in [0.717, 1.165) is 25.9 Å². The number of rotatable bonds is 3. The molecule has 3 fully saturated rings. The van der Waals surface area contributed by atoms with Crippen molar-refractivity contribution in [3.8, 4) is 0 Å². The van der Waals surface area contributed by atoms with Crippen LogP contribution >= 0.6 is 0 Å². The largest absolute Gasteiger partial charge is 0.391 e. The second kappa shape index (κ2) is 9.30. The topological polar surface area (TPSA) is 53.0 Å². The van der Waals surface area contributed by atoms with Crippen molar-refractivity contribution >= 4 is 5.91 Å². The fourth-order valence-electron chi connectivity index (χ4n) is 5.78. The van der Waals surface area contributed by atoms with E-state index in [1.165, 1.54) is 17.7 Å². The van der Waals surface area contributed by atoms with Crippen LogP contribution in [0.1, 0.15) is 47.5 Å². The second-order valence-corrected chi connectivity index (χ2v) is 9.31. The molecule has 3 aliphatic rings. The molecule has 32 heavy (non-hydrogen) atoms. The van der Waals surface area contributed by atoms with Crippen molar-refractivity contribution in [1.29, 1.82) is 0 Å². The van der Waals surface area contributed by atoms with Gasteiger partial charge in [-0.3, -0.25) is 9.69 Å². The standard InChI is InChI=1S/C26H31FN2O3/c27-21-8-6-20(7-9-21)26(31)29-14-15-32-25-17-24(30)22(16-23(25)29)28-12-10-19(11-13-28)18-4-2-1-3-5-18/h1-9,19,22-25,30H,10-17H2/t22-,23?,24-,25?/m1/s1/i27-1. The Morgan fingerprint density at radius 3 is 2.38 bits per heavy atom. The van der Waals surface area contributed by atoms with Crippen LogP contribution < -0.4 is 0 Å². The Morgan fingerprint density at radius 2 is 1.66 bits per heavy atom. The number of morpholine rings is 1. The average Bonchev–Trinajstić information content (AvgIpc) is 2.84. The van der Waals surface area contributed by atoms with Gasteiger partial charge in [0.05, 0.1) is 24.9 Å². The smallest absolute Gasteiger partial charge is 0.254 e. The molecule has 0 spiro atoms. The lowest BCUT2D eigenvalue weighted by Crippen LogP contribution is -2.62. The first-order valence-electron chi connectivity index (χ1n) is 11.8. The van der Waals surface area contributed by atoms with E-state index in [1.807, 2.05) is 4.90 Å². The minimum absolute atomic E-state index is 0.0261. The van der Waals surface area contributed by atoms with Crippen LogP contribution in [0.3, 0.4) is 0 Å². The summed E-state index contributed by atoms with van der Waals surface area (Å²) in [4.78, 5) is 17.5. The van der Waals surface area contributed by atoms with Gasteiger partial charge in [-0.15, -0.1) is 0 Å². The molecular weight excluding hydrogens is 406 g/mol. The fourth-order valence-corrected chi connectivity index (χ4v) is 5.78. The minimum Gasteiger partial charge on any atom is -0.391 e. The van der Waals surface area contributed by atoms with E-state index in [2.05, 4.69) is 35.2 Å². The van der Waals surface area contributed by atoms with Crippen LogP contribution in [0, 0.1) is 5.82 Å². The van der Waals surface area contributed by atoms with Crippen molar-refractivity contribution in [3.05, 3.63) is 71.5 Å². The molecule has 1 saturated carbocycles. The van der Waals surface area contributed by atoms with Gasteiger partial charge in [0.15, 0.2) is 0 Å². The van der Waals surface area contributed by atoms with E-state index in [-0.39, 0.29) is 29.9 Å². The molecule has 2 unspecified atom stereocenters. The van der Waals surface area contributed by atoms with Crippen LogP contribution in [0.2, 0.25) is 0 Å². The summed E-state index contributed by atoms with van der Waals surface area (Å²) in [6, 6.07) is 16.4. The molecule has 6 heteroatoms. The summed E-state index contributed by atoms with van der Waals surface area (Å²) in [6.45, 7) is 2.89. The summed E-state index contributed by atoms with van der Waals surface area (Å²) in [5, 5.41) is 10.9. The summed E-state index contributed by atoms with van der Waals surface area (Å²) in [6.07, 6.45) is 2.80. The van der Waals surface area contributed by atoms with Crippen molar-refractivity contribution < 1.29 is 19.0 Å². The number of carbonyl (C=O) groups is 1. The molecule has 5 rings (SSSR count). The Hall–Kier alpha value is -2.28. The predicted molar refractivity (Wildman–Crippen MR) is 120 cm³/mol. The van der Waals surface area contributed by atoms with Gasteiger partial charge in [0.2, 0.25) is 0 Å². The number of ether oxygens (including phenoxy) is 1. The lowest BCUT2D eigenvalue weighted by Gasteiger charge is -2.50. The Morgan fingerprint density at radius 1 is 0.938 bits per heavy atom. The molecule has 1 N–H and O–H groups in total. The number of aliphatic hydroxyl groups is 1. The zero-order valence-electron chi connectivity index (χ0n) is 18.3. The van der Waals surface area contributed by atoms with E-state index >= 15 is 0 Å². The lowest BCUT2D eigenvalue weighted by atomic mass is 9.81. The molecule has 170 valence electrons. The predicted octanol–water partition coefficient (Wildman–Crippen LogP) is 3.44. The summed E-state index contributed by atoms with van der Waals surface area (Å²) in [5.41, 5.74) is 1.89. The molecule has 2 aromatic carbocycles. The highest BCUT2D eigenvalue weighted by molar-refractivity contribution is 5.94. The molecule has 2 aromatic rings. The average molecular weight is 438 g/mol. The molecule has 2 aliphatic heterocycles. The minimum atomic E-state index is -0.453. The van der Waals surface area contributed by atoms with Crippen molar-refractivity contribution in [1.82, 2.24) is 9.80 Å². The Bertz CT molecular complexity index is 914. The number of piperidine rings is 1. The van der Waals surface area contributed by atoms with Crippen LogP contribution in [0.15, 0.2) is 54.6 Å². The number of hydrogen-bond acceptors (Lipinski definition) is 4. The third-order valence-electron chi connectivity index (χ3n) is 7.52. The van der Waals surface area contributed by atoms with E-state index < -0.39 is 6.10 Å². The van der Waals surface area contributed by atoms with Crippen LogP contribution in [-0.2, 0) is 4.74 Å². The van der Waals surface area contributed by atoms with E-state index in [4.69, 9.17) is 4.74 Å². The maximum Gasteiger partial charge on any atom is 0.254 e. The molecule has 5 nitrogen and oxygen atoms in total. The summed E-state index contributed by atoms with van der Waals surface area (Å²) in [5.74, 6) is 0.137. The van der Waals surface area contributed by atoms with Crippen LogP contribution in [0.4, 0.5) is 4.39 Å². The van der Waals surface area contributed by atoms with Gasteiger partial charge in [-0.1, -0.05) is 30.3 Å². The van der Waals surface area contributed by atoms with Crippen LogP contribution in [0.5, 0.6) is 0 Å². The lowest BCUT2D eigenvalue weighted by molar-refractivity contribution is -0.124. The van der Waals surface area contributed by atoms with Gasteiger partial charge in [-0.2, -0.15) is 0 Å². The Kier molecular flexibility index (Phi) is 6.26. The Labute approximate surface area is 188 Å². The van der Waals surface area contributed by atoms with Gasteiger partial charge >= 0.3 is 0 Å². The van der Waals surface area contributed by atoms with Gasteiger partial charge in [0.1, 0.15) is 5.82 Å². The zero-order chi connectivity index (χ0) is 22.1. The number of carbonyl (C=O) groups excluding carboxylic acids is 1. The number of amides is 1. The van der Waals surface area contributed by atoms with Gasteiger partial charge in [0.25, 0.3) is 5.91 Å². The first kappa shape index (κ1) is 21.6. The molecule has 1 aliphatic carbocycles. The number of benzene rings is 2.